The van der Waals surface area contributed by atoms with Gasteiger partial charge in [0, 0.05) is 18.4 Å². The molecule has 4 rings (SSSR count). The zero-order valence-corrected chi connectivity index (χ0v) is 13.0. The number of esters is 1. The third-order valence-electron chi connectivity index (χ3n) is 4.46. The predicted octanol–water partition coefficient (Wildman–Crippen LogP) is 2.41. The highest BCUT2D eigenvalue weighted by Crippen LogP contribution is 2.32. The van der Waals surface area contributed by atoms with Crippen LogP contribution in [0.3, 0.4) is 0 Å². The number of rotatable bonds is 2. The Kier molecular flexibility index (Phi) is 3.69. The lowest BCUT2D eigenvalue weighted by atomic mass is 9.97. The molecule has 0 radical (unpaired) electrons. The average molecular weight is 323 g/mol. The van der Waals surface area contributed by atoms with Gasteiger partial charge in [0.2, 0.25) is 0 Å². The number of nitrogens with one attached hydrogen (secondary N) is 1. The first-order valence-electron chi connectivity index (χ1n) is 8.03. The summed E-state index contributed by atoms with van der Waals surface area (Å²) in [7, 11) is 0. The Morgan fingerprint density at radius 1 is 1.08 bits per heavy atom. The van der Waals surface area contributed by atoms with Crippen LogP contribution in [0.25, 0.3) is 0 Å². The van der Waals surface area contributed by atoms with Crippen molar-refractivity contribution in [3.8, 4) is 5.75 Å². The minimum atomic E-state index is -0.789. The molecule has 2 atom stereocenters. The molecular formula is C19H17NO4. The maximum atomic E-state index is 12.6. The number of hydrogen-bond acceptors (Lipinski definition) is 4. The molecule has 2 aromatic carbocycles. The summed E-state index contributed by atoms with van der Waals surface area (Å²) < 4.78 is 10.9. The molecule has 0 aliphatic carbocycles. The second-order valence-electron chi connectivity index (χ2n) is 5.99. The third kappa shape index (κ3) is 2.62. The van der Waals surface area contributed by atoms with Gasteiger partial charge < -0.3 is 14.8 Å². The van der Waals surface area contributed by atoms with Gasteiger partial charge in [-0.05, 0) is 17.7 Å². The quantitative estimate of drug-likeness (QED) is 0.862. The van der Waals surface area contributed by atoms with Crippen LogP contribution in [-0.4, -0.2) is 24.6 Å². The van der Waals surface area contributed by atoms with Gasteiger partial charge in [-0.3, -0.25) is 4.79 Å². The number of cyclic esters (lactones) is 1. The van der Waals surface area contributed by atoms with E-state index >= 15 is 0 Å². The number of carbonyl (C=O) groups excluding carboxylic acids is 2. The highest BCUT2D eigenvalue weighted by molar-refractivity contribution is 5.95. The van der Waals surface area contributed by atoms with Crippen LogP contribution in [0.2, 0.25) is 0 Å². The number of benzene rings is 2. The van der Waals surface area contributed by atoms with Crippen molar-refractivity contribution in [3.63, 3.8) is 0 Å². The molecule has 0 saturated carbocycles. The summed E-state index contributed by atoms with van der Waals surface area (Å²) in [5.74, 6) is 0.0870. The van der Waals surface area contributed by atoms with E-state index in [1.807, 2.05) is 36.4 Å². The van der Waals surface area contributed by atoms with Crippen molar-refractivity contribution in [2.24, 2.45) is 0 Å². The fourth-order valence-corrected chi connectivity index (χ4v) is 3.23. The van der Waals surface area contributed by atoms with E-state index in [1.165, 1.54) is 0 Å². The average Bonchev–Trinajstić information content (AvgIpc) is 2.62. The summed E-state index contributed by atoms with van der Waals surface area (Å²) >= 11 is 0. The highest BCUT2D eigenvalue weighted by Gasteiger charge is 2.33. The van der Waals surface area contributed by atoms with Gasteiger partial charge in [0.05, 0.1) is 18.2 Å². The van der Waals surface area contributed by atoms with Gasteiger partial charge in [-0.2, -0.15) is 0 Å². The minimum absolute atomic E-state index is 0.127. The van der Waals surface area contributed by atoms with Crippen molar-refractivity contribution < 1.29 is 19.1 Å². The number of para-hydroxylation sites is 1. The Balaban J connectivity index is 1.51. The van der Waals surface area contributed by atoms with E-state index in [1.54, 1.807) is 12.1 Å². The van der Waals surface area contributed by atoms with E-state index < -0.39 is 12.1 Å². The third-order valence-corrected chi connectivity index (χ3v) is 4.46. The first-order chi connectivity index (χ1) is 11.7. The predicted molar refractivity (Wildman–Crippen MR) is 86.8 cm³/mol. The van der Waals surface area contributed by atoms with E-state index in [0.717, 1.165) is 16.9 Å². The Hall–Kier alpha value is -2.82. The SMILES string of the molecule is O=C1O[C@H](C(=O)N[C@@H]2CCOc3ccccc32)Cc2ccccc21. The molecule has 24 heavy (non-hydrogen) atoms. The molecule has 2 heterocycles. The lowest BCUT2D eigenvalue weighted by Gasteiger charge is -2.29. The normalized spacial score (nSPS) is 21.8. The summed E-state index contributed by atoms with van der Waals surface area (Å²) in [4.78, 5) is 24.7. The van der Waals surface area contributed by atoms with E-state index in [4.69, 9.17) is 9.47 Å². The van der Waals surface area contributed by atoms with Crippen molar-refractivity contribution in [2.45, 2.75) is 25.0 Å². The van der Waals surface area contributed by atoms with Gasteiger partial charge in [0.25, 0.3) is 5.91 Å². The molecule has 0 fully saturated rings. The number of carbonyl (C=O) groups is 2. The number of amides is 1. The largest absolute Gasteiger partial charge is 0.493 e. The van der Waals surface area contributed by atoms with Crippen molar-refractivity contribution in [2.75, 3.05) is 6.61 Å². The number of fused-ring (bicyclic) bond motifs is 2. The molecule has 1 amide bonds. The van der Waals surface area contributed by atoms with Crippen LogP contribution in [0, 0.1) is 0 Å². The Morgan fingerprint density at radius 3 is 2.79 bits per heavy atom. The zero-order valence-electron chi connectivity index (χ0n) is 13.0. The maximum Gasteiger partial charge on any atom is 0.339 e. The van der Waals surface area contributed by atoms with Crippen LogP contribution in [0.5, 0.6) is 5.75 Å². The summed E-state index contributed by atoms with van der Waals surface area (Å²) in [6.07, 6.45) is 0.306. The van der Waals surface area contributed by atoms with Gasteiger partial charge in [-0.15, -0.1) is 0 Å². The summed E-state index contributed by atoms with van der Waals surface area (Å²) in [6.45, 7) is 0.551. The molecule has 5 heteroatoms. The van der Waals surface area contributed by atoms with Gasteiger partial charge >= 0.3 is 5.97 Å². The lowest BCUT2D eigenvalue weighted by Crippen LogP contribution is -2.44. The standard InChI is InChI=1S/C19H17NO4/c21-18(17-11-12-5-1-2-6-13(12)19(22)24-17)20-15-9-10-23-16-8-4-3-7-14(15)16/h1-8,15,17H,9-11H2,(H,20,21)/t15-,17+/m1/s1. The molecule has 0 aromatic heterocycles. The smallest absolute Gasteiger partial charge is 0.339 e. The van der Waals surface area contributed by atoms with E-state index in [0.29, 0.717) is 25.0 Å². The maximum absolute atomic E-state index is 12.6. The van der Waals surface area contributed by atoms with Gasteiger partial charge in [0.15, 0.2) is 6.10 Å². The molecule has 2 aliphatic heterocycles. The Bertz CT molecular complexity index is 801. The molecule has 0 saturated heterocycles. The first kappa shape index (κ1) is 14.8. The van der Waals surface area contributed by atoms with Crippen molar-refractivity contribution >= 4 is 11.9 Å². The molecule has 1 N–H and O–H groups in total. The molecule has 2 aromatic rings. The van der Waals surface area contributed by atoms with Gasteiger partial charge in [0.1, 0.15) is 5.75 Å². The van der Waals surface area contributed by atoms with Gasteiger partial charge in [-0.1, -0.05) is 36.4 Å². The summed E-state index contributed by atoms with van der Waals surface area (Å²) in [5.41, 5.74) is 2.35. The van der Waals surface area contributed by atoms with Crippen LogP contribution in [0.1, 0.15) is 33.9 Å². The van der Waals surface area contributed by atoms with Crippen molar-refractivity contribution in [1.82, 2.24) is 5.32 Å². The second kappa shape index (κ2) is 6.00. The molecular weight excluding hydrogens is 306 g/mol. The second-order valence-corrected chi connectivity index (χ2v) is 5.99. The van der Waals surface area contributed by atoms with Crippen LogP contribution in [-0.2, 0) is 16.0 Å². The minimum Gasteiger partial charge on any atom is -0.493 e. The first-order valence-corrected chi connectivity index (χ1v) is 8.03. The topological polar surface area (TPSA) is 64.6 Å². The molecule has 0 spiro atoms. The molecule has 122 valence electrons. The van der Waals surface area contributed by atoms with Crippen LogP contribution in [0.4, 0.5) is 0 Å². The van der Waals surface area contributed by atoms with Crippen molar-refractivity contribution in [1.29, 1.82) is 0 Å². The molecule has 5 nitrogen and oxygen atoms in total. The fraction of sp³-hybridized carbons (Fsp3) is 0.263. The van der Waals surface area contributed by atoms with E-state index in [9.17, 15) is 9.59 Å². The lowest BCUT2D eigenvalue weighted by molar-refractivity contribution is -0.131. The zero-order chi connectivity index (χ0) is 16.5. The number of ether oxygens (including phenoxy) is 2. The summed E-state index contributed by atoms with van der Waals surface area (Å²) in [6, 6.07) is 14.8. The van der Waals surface area contributed by atoms with E-state index in [2.05, 4.69) is 5.32 Å². The molecule has 0 bridgehead atoms. The summed E-state index contributed by atoms with van der Waals surface area (Å²) in [5, 5.41) is 3.00. The fourth-order valence-electron chi connectivity index (χ4n) is 3.23. The molecule has 0 unspecified atom stereocenters. The monoisotopic (exact) mass is 323 g/mol. The number of hydrogen-bond donors (Lipinski definition) is 1. The van der Waals surface area contributed by atoms with Crippen LogP contribution >= 0.6 is 0 Å². The Morgan fingerprint density at radius 2 is 1.88 bits per heavy atom. The van der Waals surface area contributed by atoms with E-state index in [-0.39, 0.29) is 11.9 Å². The van der Waals surface area contributed by atoms with Crippen molar-refractivity contribution in [3.05, 3.63) is 65.2 Å². The Labute approximate surface area is 139 Å². The van der Waals surface area contributed by atoms with Gasteiger partial charge in [-0.25, -0.2) is 4.79 Å². The molecule has 2 aliphatic rings. The van der Waals surface area contributed by atoms with Crippen LogP contribution in [0.15, 0.2) is 48.5 Å². The van der Waals surface area contributed by atoms with Crippen LogP contribution < -0.4 is 10.1 Å². The highest BCUT2D eigenvalue weighted by atomic mass is 16.5.